The number of nitriles is 1. The number of ether oxygens (including phenoxy) is 1. The van der Waals surface area contributed by atoms with Crippen molar-refractivity contribution in [1.82, 2.24) is 5.32 Å². The molecule has 0 spiro atoms. The van der Waals surface area contributed by atoms with E-state index >= 15 is 0 Å². The second-order valence-corrected chi connectivity index (χ2v) is 6.07. The van der Waals surface area contributed by atoms with Crippen molar-refractivity contribution in [3.8, 4) is 17.2 Å². The van der Waals surface area contributed by atoms with Gasteiger partial charge in [-0.05, 0) is 35.4 Å². The van der Waals surface area contributed by atoms with Crippen molar-refractivity contribution >= 4 is 11.9 Å². The third-order valence-corrected chi connectivity index (χ3v) is 4.34. The van der Waals surface area contributed by atoms with Crippen molar-refractivity contribution in [3.05, 3.63) is 95.1 Å². The fourth-order valence-corrected chi connectivity index (χ4v) is 2.89. The Kier molecular flexibility index (Phi) is 5.83. The molecule has 0 heterocycles. The number of carbonyl (C=O) groups excluding carboxylic acids is 2. The molecule has 5 nitrogen and oxygen atoms in total. The topological polar surface area (TPSA) is 79.2 Å². The number of carbonyl (C=O) groups is 2. The molecule has 0 saturated heterocycles. The van der Waals surface area contributed by atoms with E-state index in [1.807, 2.05) is 24.3 Å². The number of nitrogens with zero attached hydrogens (tertiary/aromatic N) is 1. The lowest BCUT2D eigenvalue weighted by atomic mass is 9.95. The lowest BCUT2D eigenvalue weighted by Crippen LogP contribution is -2.23. The lowest BCUT2D eigenvalue weighted by Gasteiger charge is -2.12. The van der Waals surface area contributed by atoms with Crippen molar-refractivity contribution in [3.63, 3.8) is 0 Å². The Hall–Kier alpha value is -3.91. The molecule has 0 bridgehead atoms. The molecule has 0 aliphatic rings. The SMILES string of the molecule is COC(=O)c1ccc(CNC(=O)c2ccccc2-c2ccccc2C#N)cc1. The van der Waals surface area contributed by atoms with Crippen LogP contribution in [0.3, 0.4) is 0 Å². The lowest BCUT2D eigenvalue weighted by molar-refractivity contribution is 0.0600. The minimum Gasteiger partial charge on any atom is -0.465 e. The van der Waals surface area contributed by atoms with Gasteiger partial charge < -0.3 is 10.1 Å². The molecular weight excluding hydrogens is 352 g/mol. The van der Waals surface area contributed by atoms with Gasteiger partial charge in [-0.3, -0.25) is 4.79 Å². The largest absolute Gasteiger partial charge is 0.465 e. The molecule has 1 N–H and O–H groups in total. The standard InChI is InChI=1S/C23H18N2O3/c1-28-23(27)17-12-10-16(11-13-17)15-25-22(26)21-9-5-4-8-20(21)19-7-3-2-6-18(19)14-24/h2-13H,15H2,1H3,(H,25,26). The molecule has 3 aromatic carbocycles. The van der Waals surface area contributed by atoms with Crippen molar-refractivity contribution in [2.45, 2.75) is 6.54 Å². The van der Waals surface area contributed by atoms with Gasteiger partial charge in [0.1, 0.15) is 0 Å². The Balaban J connectivity index is 1.79. The summed E-state index contributed by atoms with van der Waals surface area (Å²) in [5, 5.41) is 12.2. The maximum absolute atomic E-state index is 12.8. The van der Waals surface area contributed by atoms with Crippen LogP contribution in [0.5, 0.6) is 0 Å². The van der Waals surface area contributed by atoms with Crippen LogP contribution in [-0.4, -0.2) is 19.0 Å². The number of methoxy groups -OCH3 is 1. The van der Waals surface area contributed by atoms with Gasteiger partial charge in [0.2, 0.25) is 0 Å². The minimum absolute atomic E-state index is 0.236. The first-order valence-electron chi connectivity index (χ1n) is 8.68. The van der Waals surface area contributed by atoms with E-state index in [9.17, 15) is 14.9 Å². The van der Waals surface area contributed by atoms with E-state index in [0.717, 1.165) is 11.1 Å². The van der Waals surface area contributed by atoms with Crippen molar-refractivity contribution < 1.29 is 14.3 Å². The Morgan fingerprint density at radius 1 is 0.929 bits per heavy atom. The molecule has 0 saturated carbocycles. The molecule has 3 rings (SSSR count). The van der Waals surface area contributed by atoms with Crippen molar-refractivity contribution in [1.29, 1.82) is 5.26 Å². The van der Waals surface area contributed by atoms with Crippen LogP contribution < -0.4 is 5.32 Å². The fraction of sp³-hybridized carbons (Fsp3) is 0.0870. The summed E-state index contributed by atoms with van der Waals surface area (Å²) < 4.78 is 4.67. The van der Waals surface area contributed by atoms with Gasteiger partial charge in [-0.25, -0.2) is 4.79 Å². The molecule has 0 fully saturated rings. The number of hydrogen-bond acceptors (Lipinski definition) is 4. The van der Waals surface area contributed by atoms with Crippen LogP contribution in [0.15, 0.2) is 72.8 Å². The average Bonchev–Trinajstić information content (AvgIpc) is 2.77. The quantitative estimate of drug-likeness (QED) is 0.690. The third kappa shape index (κ3) is 4.08. The Morgan fingerprint density at radius 3 is 2.25 bits per heavy atom. The third-order valence-electron chi connectivity index (χ3n) is 4.34. The number of nitrogens with one attached hydrogen (secondary N) is 1. The predicted octanol–water partition coefficient (Wildman–Crippen LogP) is 3.94. The van der Waals surface area contributed by atoms with E-state index in [-0.39, 0.29) is 5.91 Å². The first-order chi connectivity index (χ1) is 13.6. The monoisotopic (exact) mass is 370 g/mol. The highest BCUT2D eigenvalue weighted by Gasteiger charge is 2.14. The van der Waals surface area contributed by atoms with E-state index in [2.05, 4.69) is 16.1 Å². The summed E-state index contributed by atoms with van der Waals surface area (Å²) in [6, 6.07) is 23.4. The molecule has 0 radical (unpaired) electrons. The Morgan fingerprint density at radius 2 is 1.57 bits per heavy atom. The number of amides is 1. The second-order valence-electron chi connectivity index (χ2n) is 6.07. The summed E-state index contributed by atoms with van der Waals surface area (Å²) in [4.78, 5) is 24.3. The molecule has 0 unspecified atom stereocenters. The van der Waals surface area contributed by atoms with Gasteiger partial charge in [-0.15, -0.1) is 0 Å². The van der Waals surface area contributed by atoms with E-state index < -0.39 is 5.97 Å². The first-order valence-corrected chi connectivity index (χ1v) is 8.68. The predicted molar refractivity (Wildman–Crippen MR) is 106 cm³/mol. The van der Waals surface area contributed by atoms with E-state index in [1.165, 1.54) is 7.11 Å². The molecule has 138 valence electrons. The highest BCUT2D eigenvalue weighted by atomic mass is 16.5. The molecule has 0 aliphatic heterocycles. The molecule has 1 amide bonds. The van der Waals surface area contributed by atoms with Crippen LogP contribution in [0.1, 0.15) is 31.8 Å². The average molecular weight is 370 g/mol. The normalized spacial score (nSPS) is 10.0. The summed E-state index contributed by atoms with van der Waals surface area (Å²) in [7, 11) is 1.33. The van der Waals surface area contributed by atoms with Gasteiger partial charge in [0, 0.05) is 17.7 Å². The van der Waals surface area contributed by atoms with E-state index in [1.54, 1.807) is 48.5 Å². The van der Waals surface area contributed by atoms with Crippen LogP contribution in [0.2, 0.25) is 0 Å². The van der Waals surface area contributed by atoms with Gasteiger partial charge in [0.25, 0.3) is 5.91 Å². The van der Waals surface area contributed by atoms with Gasteiger partial charge in [0.15, 0.2) is 0 Å². The smallest absolute Gasteiger partial charge is 0.337 e. The molecule has 28 heavy (non-hydrogen) atoms. The molecule has 0 aromatic heterocycles. The van der Waals surface area contributed by atoms with Crippen molar-refractivity contribution in [2.24, 2.45) is 0 Å². The zero-order valence-corrected chi connectivity index (χ0v) is 15.3. The van der Waals surface area contributed by atoms with E-state index in [4.69, 9.17) is 0 Å². The van der Waals surface area contributed by atoms with Crippen LogP contribution >= 0.6 is 0 Å². The van der Waals surface area contributed by atoms with Gasteiger partial charge >= 0.3 is 5.97 Å². The maximum atomic E-state index is 12.8. The number of hydrogen-bond donors (Lipinski definition) is 1. The van der Waals surface area contributed by atoms with Crippen LogP contribution in [-0.2, 0) is 11.3 Å². The Bertz CT molecular complexity index is 1050. The number of esters is 1. The van der Waals surface area contributed by atoms with E-state index in [0.29, 0.717) is 28.8 Å². The van der Waals surface area contributed by atoms with Gasteiger partial charge in [0.05, 0.1) is 24.3 Å². The Labute approximate surface area is 163 Å². The zero-order chi connectivity index (χ0) is 19.9. The van der Waals surface area contributed by atoms with Crippen LogP contribution in [0.4, 0.5) is 0 Å². The van der Waals surface area contributed by atoms with Gasteiger partial charge in [-0.2, -0.15) is 5.26 Å². The fourth-order valence-electron chi connectivity index (χ4n) is 2.89. The van der Waals surface area contributed by atoms with Gasteiger partial charge in [-0.1, -0.05) is 48.5 Å². The maximum Gasteiger partial charge on any atom is 0.337 e. The minimum atomic E-state index is -0.402. The van der Waals surface area contributed by atoms with Crippen LogP contribution in [0.25, 0.3) is 11.1 Å². The summed E-state index contributed by atoms with van der Waals surface area (Å²) in [6.07, 6.45) is 0. The molecule has 5 heteroatoms. The number of rotatable bonds is 5. The van der Waals surface area contributed by atoms with Crippen molar-refractivity contribution in [2.75, 3.05) is 7.11 Å². The highest BCUT2D eigenvalue weighted by Crippen LogP contribution is 2.26. The molecule has 0 atom stereocenters. The summed E-state index contributed by atoms with van der Waals surface area (Å²) in [5.41, 5.74) is 3.75. The molecule has 3 aromatic rings. The highest BCUT2D eigenvalue weighted by molar-refractivity contribution is 6.01. The molecular formula is C23H18N2O3. The first kappa shape index (κ1) is 18.9. The summed E-state index contributed by atoms with van der Waals surface area (Å²) >= 11 is 0. The number of benzene rings is 3. The summed E-state index contributed by atoms with van der Waals surface area (Å²) in [5.74, 6) is -0.638. The zero-order valence-electron chi connectivity index (χ0n) is 15.3. The van der Waals surface area contributed by atoms with Crippen LogP contribution in [0, 0.1) is 11.3 Å². The second kappa shape index (κ2) is 8.65. The summed E-state index contributed by atoms with van der Waals surface area (Å²) in [6.45, 7) is 0.314. The molecule has 0 aliphatic carbocycles.